The van der Waals surface area contributed by atoms with Gasteiger partial charge in [0.05, 0.1) is 5.02 Å². The van der Waals surface area contributed by atoms with Crippen molar-refractivity contribution in [3.8, 4) is 0 Å². The molecule has 0 aliphatic carbocycles. The number of carboxylic acid groups (broad SMARTS) is 1. The highest BCUT2D eigenvalue weighted by molar-refractivity contribution is 6.35. The van der Waals surface area contributed by atoms with Crippen molar-refractivity contribution in [3.63, 3.8) is 0 Å². The zero-order chi connectivity index (χ0) is 13.9. The van der Waals surface area contributed by atoms with Gasteiger partial charge in [-0.3, -0.25) is 4.79 Å². The van der Waals surface area contributed by atoms with Crippen molar-refractivity contribution in [2.24, 2.45) is 5.92 Å². The van der Waals surface area contributed by atoms with E-state index in [0.29, 0.717) is 0 Å². The van der Waals surface area contributed by atoms with E-state index < -0.39 is 24.2 Å². The van der Waals surface area contributed by atoms with Crippen molar-refractivity contribution in [1.82, 2.24) is 0 Å². The fourth-order valence-electron chi connectivity index (χ4n) is 1.70. The van der Waals surface area contributed by atoms with Crippen LogP contribution in [0.15, 0.2) is 18.2 Å². The normalized spacial score (nSPS) is 13.4. The molecular weight excluding hydrogens is 285 g/mol. The van der Waals surface area contributed by atoms with Gasteiger partial charge in [0.25, 0.3) is 5.92 Å². The van der Waals surface area contributed by atoms with Gasteiger partial charge in [0.2, 0.25) is 0 Å². The first kappa shape index (κ1) is 15.2. The maximum Gasteiger partial charge on any atom is 0.303 e. The number of benzene rings is 1. The highest BCUT2D eigenvalue weighted by atomic mass is 35.5. The fraction of sp³-hybridized carbons (Fsp3) is 0.417. The standard InChI is InChI=1S/C12H12Cl2F2O2/c1-7(4-11(17)18)6-12(15,16)9-3-2-8(13)5-10(9)14/h2-3,5,7H,4,6H2,1H3,(H,17,18). The Morgan fingerprint density at radius 3 is 2.56 bits per heavy atom. The Morgan fingerprint density at radius 1 is 1.44 bits per heavy atom. The van der Waals surface area contributed by atoms with Gasteiger partial charge in [0, 0.05) is 23.4 Å². The second-order valence-corrected chi connectivity index (χ2v) is 5.08. The topological polar surface area (TPSA) is 37.3 Å². The second-order valence-electron chi connectivity index (χ2n) is 4.24. The summed E-state index contributed by atoms with van der Waals surface area (Å²) in [5.41, 5.74) is -0.328. The SMILES string of the molecule is CC(CC(=O)O)CC(F)(F)c1ccc(Cl)cc1Cl. The van der Waals surface area contributed by atoms with Crippen LogP contribution in [0, 0.1) is 5.92 Å². The molecule has 0 saturated carbocycles. The lowest BCUT2D eigenvalue weighted by Crippen LogP contribution is -2.19. The molecule has 0 amide bonds. The first-order valence-electron chi connectivity index (χ1n) is 5.27. The van der Waals surface area contributed by atoms with E-state index in [2.05, 4.69) is 0 Å². The van der Waals surface area contributed by atoms with Crippen LogP contribution in [0.4, 0.5) is 8.78 Å². The fourth-order valence-corrected chi connectivity index (χ4v) is 2.25. The van der Waals surface area contributed by atoms with Gasteiger partial charge in [0.1, 0.15) is 0 Å². The molecule has 1 N–H and O–H groups in total. The number of hydrogen-bond donors (Lipinski definition) is 1. The van der Waals surface area contributed by atoms with Crippen LogP contribution in [0.1, 0.15) is 25.3 Å². The van der Waals surface area contributed by atoms with Crippen LogP contribution >= 0.6 is 23.2 Å². The number of rotatable bonds is 5. The maximum atomic E-state index is 13.9. The maximum absolute atomic E-state index is 13.9. The minimum atomic E-state index is -3.17. The number of alkyl halides is 2. The average Bonchev–Trinajstić information content (AvgIpc) is 2.13. The third kappa shape index (κ3) is 4.10. The molecule has 1 aromatic carbocycles. The number of halogens is 4. The lowest BCUT2D eigenvalue weighted by Gasteiger charge is -2.21. The molecule has 2 nitrogen and oxygen atoms in total. The molecule has 0 radical (unpaired) electrons. The van der Waals surface area contributed by atoms with E-state index in [1.807, 2.05) is 0 Å². The lowest BCUT2D eigenvalue weighted by atomic mass is 9.95. The number of carbonyl (C=O) groups is 1. The Bertz CT molecular complexity index is 450. The van der Waals surface area contributed by atoms with Gasteiger partial charge in [-0.25, -0.2) is 8.78 Å². The zero-order valence-corrected chi connectivity index (χ0v) is 11.1. The lowest BCUT2D eigenvalue weighted by molar-refractivity contribution is -0.138. The predicted molar refractivity (Wildman–Crippen MR) is 66.4 cm³/mol. The molecule has 0 aliphatic heterocycles. The van der Waals surface area contributed by atoms with Gasteiger partial charge in [0.15, 0.2) is 0 Å². The Morgan fingerprint density at radius 2 is 2.06 bits per heavy atom. The van der Waals surface area contributed by atoms with Gasteiger partial charge in [-0.2, -0.15) is 0 Å². The molecule has 0 aliphatic rings. The monoisotopic (exact) mass is 296 g/mol. The van der Waals surface area contributed by atoms with E-state index in [1.165, 1.54) is 19.1 Å². The summed E-state index contributed by atoms with van der Waals surface area (Å²) in [6, 6.07) is 3.74. The summed E-state index contributed by atoms with van der Waals surface area (Å²) < 4.78 is 27.9. The minimum absolute atomic E-state index is 0.116. The van der Waals surface area contributed by atoms with Gasteiger partial charge in [-0.05, 0) is 18.1 Å². The molecule has 0 aromatic heterocycles. The summed E-state index contributed by atoms with van der Waals surface area (Å²) >= 11 is 11.4. The van der Waals surface area contributed by atoms with Crippen LogP contribution in [0.25, 0.3) is 0 Å². The molecule has 18 heavy (non-hydrogen) atoms. The van der Waals surface area contributed by atoms with Gasteiger partial charge >= 0.3 is 5.97 Å². The molecule has 0 spiro atoms. The summed E-state index contributed by atoms with van der Waals surface area (Å²) in [5.74, 6) is -4.92. The summed E-state index contributed by atoms with van der Waals surface area (Å²) in [4.78, 5) is 10.5. The molecule has 6 heteroatoms. The van der Waals surface area contributed by atoms with E-state index in [9.17, 15) is 13.6 Å². The zero-order valence-electron chi connectivity index (χ0n) is 9.59. The highest BCUT2D eigenvalue weighted by Crippen LogP contribution is 2.39. The third-order valence-corrected chi connectivity index (χ3v) is 3.00. The van der Waals surface area contributed by atoms with E-state index >= 15 is 0 Å². The van der Waals surface area contributed by atoms with E-state index in [4.69, 9.17) is 28.3 Å². The van der Waals surface area contributed by atoms with Gasteiger partial charge in [-0.15, -0.1) is 0 Å². The molecule has 100 valence electrons. The first-order valence-corrected chi connectivity index (χ1v) is 6.03. The van der Waals surface area contributed by atoms with Crippen LogP contribution in [0.5, 0.6) is 0 Å². The molecule has 0 heterocycles. The average molecular weight is 297 g/mol. The largest absolute Gasteiger partial charge is 0.481 e. The summed E-state index contributed by atoms with van der Waals surface area (Å²) in [7, 11) is 0. The van der Waals surface area contributed by atoms with Gasteiger partial charge < -0.3 is 5.11 Å². The quantitative estimate of drug-likeness (QED) is 0.863. The van der Waals surface area contributed by atoms with Crippen molar-refractivity contribution in [2.45, 2.75) is 25.7 Å². The molecular formula is C12H12Cl2F2O2. The summed E-state index contributed by atoms with van der Waals surface area (Å²) in [6.45, 7) is 1.46. The number of hydrogen-bond acceptors (Lipinski definition) is 1. The molecule has 0 bridgehead atoms. The molecule has 0 saturated heterocycles. The number of aliphatic carboxylic acids is 1. The van der Waals surface area contributed by atoms with Gasteiger partial charge in [-0.1, -0.05) is 36.2 Å². The van der Waals surface area contributed by atoms with Crippen LogP contribution in [0.3, 0.4) is 0 Å². The van der Waals surface area contributed by atoms with Crippen LogP contribution < -0.4 is 0 Å². The highest BCUT2D eigenvalue weighted by Gasteiger charge is 2.35. The Balaban J connectivity index is 2.88. The molecule has 1 rings (SSSR count). The third-order valence-electron chi connectivity index (χ3n) is 2.45. The molecule has 1 aromatic rings. The van der Waals surface area contributed by atoms with Crippen molar-refractivity contribution in [3.05, 3.63) is 33.8 Å². The van der Waals surface area contributed by atoms with Crippen LogP contribution in [0.2, 0.25) is 10.0 Å². The molecule has 1 atom stereocenters. The van der Waals surface area contributed by atoms with Crippen molar-refractivity contribution in [1.29, 1.82) is 0 Å². The molecule has 0 fully saturated rings. The molecule has 1 unspecified atom stereocenters. The van der Waals surface area contributed by atoms with Crippen molar-refractivity contribution < 1.29 is 18.7 Å². The summed E-state index contributed by atoms with van der Waals surface area (Å²) in [5, 5.41) is 8.71. The van der Waals surface area contributed by atoms with Crippen LogP contribution in [-0.2, 0) is 10.7 Å². The van der Waals surface area contributed by atoms with E-state index in [0.717, 1.165) is 6.07 Å². The van der Waals surface area contributed by atoms with E-state index in [1.54, 1.807) is 0 Å². The number of carboxylic acids is 1. The Labute approximate surface area is 114 Å². The summed E-state index contributed by atoms with van der Waals surface area (Å²) in [6.07, 6.45) is -0.874. The smallest absolute Gasteiger partial charge is 0.303 e. The first-order chi connectivity index (χ1) is 8.22. The minimum Gasteiger partial charge on any atom is -0.481 e. The van der Waals surface area contributed by atoms with E-state index in [-0.39, 0.29) is 22.0 Å². The Kier molecular flexibility index (Phi) is 4.93. The van der Waals surface area contributed by atoms with Crippen molar-refractivity contribution in [2.75, 3.05) is 0 Å². The van der Waals surface area contributed by atoms with Crippen LogP contribution in [-0.4, -0.2) is 11.1 Å². The van der Waals surface area contributed by atoms with Crippen molar-refractivity contribution >= 4 is 29.2 Å². The second kappa shape index (κ2) is 5.85. The Hall–Kier alpha value is -0.870. The predicted octanol–water partition coefficient (Wildman–Crippen LogP) is 4.59.